The molecule has 0 N–H and O–H groups in total. The van der Waals surface area contributed by atoms with E-state index in [1.165, 1.54) is 11.8 Å². The second-order valence-electron chi connectivity index (χ2n) is 6.79. The van der Waals surface area contributed by atoms with Gasteiger partial charge in [0, 0.05) is 0 Å². The van der Waals surface area contributed by atoms with Gasteiger partial charge in [-0.05, 0) is 36.6 Å². The number of hydrogen-bond acceptors (Lipinski definition) is 6. The quantitative estimate of drug-likeness (QED) is 0.368. The monoisotopic (exact) mass is 392 g/mol. The van der Waals surface area contributed by atoms with Gasteiger partial charge >= 0.3 is 0 Å². The first kappa shape index (κ1) is 18.4. The second-order valence-corrected chi connectivity index (χ2v) is 7.73. The molecule has 0 atom stereocenters. The van der Waals surface area contributed by atoms with E-state index in [0.717, 1.165) is 11.3 Å². The number of thioether (sulfide) groups is 1. The Morgan fingerprint density at radius 3 is 2.57 bits per heavy atom. The van der Waals surface area contributed by atoms with Gasteiger partial charge in [0.1, 0.15) is 0 Å². The Morgan fingerprint density at radius 2 is 1.82 bits per heavy atom. The van der Waals surface area contributed by atoms with Crippen molar-refractivity contribution in [3.8, 4) is 5.69 Å². The highest BCUT2D eigenvalue weighted by Crippen LogP contribution is 2.28. The summed E-state index contributed by atoms with van der Waals surface area (Å²) >= 11 is 1.41. The van der Waals surface area contributed by atoms with Gasteiger partial charge in [0.2, 0.25) is 5.89 Å². The maximum Gasteiger partial charge on any atom is 0.266 e. The highest BCUT2D eigenvalue weighted by Gasteiger charge is 2.17. The van der Waals surface area contributed by atoms with Crippen LogP contribution in [0.1, 0.15) is 37.0 Å². The topological polar surface area (TPSA) is 73.8 Å². The molecule has 0 saturated carbocycles. The highest BCUT2D eigenvalue weighted by atomic mass is 32.2. The van der Waals surface area contributed by atoms with Crippen LogP contribution in [-0.2, 0) is 5.75 Å². The number of aromatic nitrogens is 4. The van der Waals surface area contributed by atoms with Gasteiger partial charge < -0.3 is 4.52 Å². The first-order valence-corrected chi connectivity index (χ1v) is 10.1. The van der Waals surface area contributed by atoms with Crippen LogP contribution in [0.2, 0.25) is 0 Å². The van der Waals surface area contributed by atoms with E-state index in [-0.39, 0.29) is 11.5 Å². The van der Waals surface area contributed by atoms with E-state index in [9.17, 15) is 4.79 Å². The summed E-state index contributed by atoms with van der Waals surface area (Å²) in [5.74, 6) is 1.80. The van der Waals surface area contributed by atoms with Crippen molar-refractivity contribution in [1.29, 1.82) is 0 Å². The predicted molar refractivity (Wildman–Crippen MR) is 110 cm³/mol. The lowest BCUT2D eigenvalue weighted by atomic mass is 10.0. The molecule has 0 unspecified atom stereocenters. The van der Waals surface area contributed by atoms with Crippen molar-refractivity contribution in [2.75, 3.05) is 0 Å². The highest BCUT2D eigenvalue weighted by molar-refractivity contribution is 7.98. The average molecular weight is 392 g/mol. The number of nitrogens with zero attached hydrogens (tertiary/aromatic N) is 4. The van der Waals surface area contributed by atoms with Gasteiger partial charge in [-0.1, -0.05) is 61.1 Å². The minimum Gasteiger partial charge on any atom is -0.338 e. The summed E-state index contributed by atoms with van der Waals surface area (Å²) in [5.41, 5.74) is 2.54. The lowest BCUT2D eigenvalue weighted by Crippen LogP contribution is -2.23. The molecule has 4 aromatic rings. The van der Waals surface area contributed by atoms with E-state index in [2.05, 4.69) is 30.1 Å². The van der Waals surface area contributed by atoms with Crippen molar-refractivity contribution in [2.45, 2.75) is 37.6 Å². The minimum absolute atomic E-state index is 0.0806. The van der Waals surface area contributed by atoms with Gasteiger partial charge in [-0.3, -0.25) is 9.36 Å². The van der Waals surface area contributed by atoms with Crippen LogP contribution < -0.4 is 5.56 Å². The largest absolute Gasteiger partial charge is 0.338 e. The molecule has 2 aromatic heterocycles. The van der Waals surface area contributed by atoms with Crippen molar-refractivity contribution in [3.05, 3.63) is 76.2 Å². The smallest absolute Gasteiger partial charge is 0.266 e. The maximum absolute atomic E-state index is 13.4. The molecule has 0 amide bonds. The number of para-hydroxylation sites is 2. The summed E-state index contributed by atoms with van der Waals surface area (Å²) in [7, 11) is 0. The fraction of sp³-hybridized carbons (Fsp3) is 0.238. The molecule has 28 heavy (non-hydrogen) atoms. The van der Waals surface area contributed by atoms with Crippen LogP contribution in [0.15, 0.2) is 63.0 Å². The molecule has 4 rings (SSSR count). The van der Waals surface area contributed by atoms with Gasteiger partial charge in [0.15, 0.2) is 11.0 Å². The Balaban J connectivity index is 1.90. The van der Waals surface area contributed by atoms with Crippen LogP contribution in [0.5, 0.6) is 0 Å². The second kappa shape index (κ2) is 7.59. The molecule has 142 valence electrons. The van der Waals surface area contributed by atoms with Gasteiger partial charge in [-0.25, -0.2) is 4.98 Å². The van der Waals surface area contributed by atoms with E-state index >= 15 is 0 Å². The maximum atomic E-state index is 13.4. The van der Waals surface area contributed by atoms with Crippen molar-refractivity contribution in [3.63, 3.8) is 0 Å². The van der Waals surface area contributed by atoms with Crippen LogP contribution in [0.4, 0.5) is 0 Å². The Hall–Kier alpha value is -2.93. The third-order valence-electron chi connectivity index (χ3n) is 4.44. The van der Waals surface area contributed by atoms with Crippen molar-refractivity contribution in [1.82, 2.24) is 19.7 Å². The fourth-order valence-electron chi connectivity index (χ4n) is 3.13. The van der Waals surface area contributed by atoms with Crippen molar-refractivity contribution in [2.24, 2.45) is 0 Å². The van der Waals surface area contributed by atoms with Gasteiger partial charge in [0.25, 0.3) is 5.56 Å². The van der Waals surface area contributed by atoms with Gasteiger partial charge in [-0.2, -0.15) is 4.98 Å². The fourth-order valence-corrected chi connectivity index (χ4v) is 3.97. The molecule has 0 aliphatic rings. The van der Waals surface area contributed by atoms with Crippen molar-refractivity contribution >= 4 is 22.7 Å². The zero-order chi connectivity index (χ0) is 19.7. The number of rotatable bonds is 5. The van der Waals surface area contributed by atoms with Gasteiger partial charge in [-0.15, -0.1) is 0 Å². The Kier molecular flexibility index (Phi) is 5.00. The molecule has 0 bridgehead atoms. The molecule has 0 aliphatic heterocycles. The summed E-state index contributed by atoms with van der Waals surface area (Å²) < 4.78 is 6.91. The van der Waals surface area contributed by atoms with E-state index in [1.807, 2.05) is 42.5 Å². The average Bonchev–Trinajstić information content (AvgIpc) is 3.12. The molecular formula is C21H20N4O2S. The van der Waals surface area contributed by atoms with Crippen LogP contribution >= 0.6 is 11.8 Å². The molecule has 6 nitrogen and oxygen atoms in total. The van der Waals surface area contributed by atoms with Gasteiger partial charge in [0.05, 0.1) is 22.3 Å². The normalized spacial score (nSPS) is 11.4. The van der Waals surface area contributed by atoms with Crippen LogP contribution in [0.3, 0.4) is 0 Å². The molecule has 0 radical (unpaired) electrons. The standard InChI is InChI=1S/C21H20N4O2S/c1-13(2)15-8-5-7-11-18(15)25-20(26)16-9-4-6-10-17(16)23-21(25)28-12-19-22-14(3)24-27-19/h4-11,13H,12H2,1-3H3. The summed E-state index contributed by atoms with van der Waals surface area (Å²) in [6, 6.07) is 15.4. The molecule has 2 aromatic carbocycles. The third kappa shape index (κ3) is 3.45. The summed E-state index contributed by atoms with van der Waals surface area (Å²) in [6.07, 6.45) is 0. The molecule has 0 spiro atoms. The van der Waals surface area contributed by atoms with Crippen LogP contribution in [0, 0.1) is 6.92 Å². The Bertz CT molecular complexity index is 1200. The summed E-state index contributed by atoms with van der Waals surface area (Å²) in [5, 5.41) is 5.03. The molecule has 0 aliphatic carbocycles. The van der Waals surface area contributed by atoms with Crippen molar-refractivity contribution < 1.29 is 4.52 Å². The first-order chi connectivity index (χ1) is 13.5. The molecule has 0 saturated heterocycles. The van der Waals surface area contributed by atoms with Crippen LogP contribution in [-0.4, -0.2) is 19.7 Å². The van der Waals surface area contributed by atoms with E-state index in [0.29, 0.717) is 33.5 Å². The molecule has 7 heteroatoms. The SMILES string of the molecule is Cc1noc(CSc2nc3ccccc3c(=O)n2-c2ccccc2C(C)C)n1. The third-order valence-corrected chi connectivity index (χ3v) is 5.36. The number of hydrogen-bond donors (Lipinski definition) is 0. The lowest BCUT2D eigenvalue weighted by Gasteiger charge is -2.17. The van der Waals surface area contributed by atoms with E-state index in [4.69, 9.17) is 9.51 Å². The zero-order valence-corrected chi connectivity index (χ0v) is 16.7. The van der Waals surface area contributed by atoms with E-state index < -0.39 is 0 Å². The first-order valence-electron chi connectivity index (χ1n) is 9.07. The number of aryl methyl sites for hydroxylation is 1. The molecule has 0 fully saturated rings. The zero-order valence-electron chi connectivity index (χ0n) is 15.9. The summed E-state index contributed by atoms with van der Waals surface area (Å²) in [4.78, 5) is 22.4. The van der Waals surface area contributed by atoms with Crippen LogP contribution in [0.25, 0.3) is 16.6 Å². The number of fused-ring (bicyclic) bond motifs is 1. The summed E-state index contributed by atoms with van der Waals surface area (Å²) in [6.45, 7) is 6.01. The molecule has 2 heterocycles. The Morgan fingerprint density at radius 1 is 1.07 bits per heavy atom. The minimum atomic E-state index is -0.0806. The van der Waals surface area contributed by atoms with E-state index in [1.54, 1.807) is 11.5 Å². The predicted octanol–water partition coefficient (Wildman–Crippen LogP) is 4.49. The Labute approximate surface area is 166 Å². The lowest BCUT2D eigenvalue weighted by molar-refractivity contribution is 0.387. The molecular weight excluding hydrogens is 372 g/mol. The number of benzene rings is 2.